The topological polar surface area (TPSA) is 128 Å². The van der Waals surface area contributed by atoms with Crippen molar-refractivity contribution in [1.29, 1.82) is 0 Å². The number of fused-ring (bicyclic) bond motifs is 1. The van der Waals surface area contributed by atoms with Crippen molar-refractivity contribution < 1.29 is 27.5 Å². The van der Waals surface area contributed by atoms with Gasteiger partial charge in [-0.15, -0.1) is 0 Å². The second-order valence-electron chi connectivity index (χ2n) is 11.7. The summed E-state index contributed by atoms with van der Waals surface area (Å²) in [6, 6.07) is 12.1. The molecule has 3 aliphatic heterocycles. The number of piperidine rings is 1. The van der Waals surface area contributed by atoms with Gasteiger partial charge in [-0.2, -0.15) is 12.7 Å². The molecular weight excluding hydrogens is 584 g/mol. The fourth-order valence-corrected chi connectivity index (χ4v) is 7.95. The number of rotatable bonds is 6. The smallest absolute Gasteiger partial charge is 0.411 e. The summed E-state index contributed by atoms with van der Waals surface area (Å²) in [5, 5.41) is -0.318. The summed E-state index contributed by atoms with van der Waals surface area (Å²) in [6.45, 7) is 7.77. The highest BCUT2D eigenvalue weighted by Gasteiger charge is 2.60. The highest BCUT2D eigenvalue weighted by atomic mass is 32.2. The molecule has 6 rings (SSSR count). The van der Waals surface area contributed by atoms with E-state index in [1.54, 1.807) is 49.1 Å². The monoisotopic (exact) mass is 622 g/mol. The maximum Gasteiger partial charge on any atom is 0.411 e. The average Bonchev–Trinajstić information content (AvgIpc) is 3.57. The molecule has 1 unspecified atom stereocenters. The molecular formula is C31H38N6O6S. The Morgan fingerprint density at radius 3 is 2.34 bits per heavy atom. The fourth-order valence-electron chi connectivity index (χ4n) is 6.54. The van der Waals surface area contributed by atoms with Gasteiger partial charge in [-0.3, -0.25) is 9.69 Å². The van der Waals surface area contributed by atoms with E-state index in [1.807, 2.05) is 6.07 Å². The quantitative estimate of drug-likeness (QED) is 0.441. The van der Waals surface area contributed by atoms with Gasteiger partial charge in [-0.1, -0.05) is 24.3 Å². The zero-order valence-corrected chi connectivity index (χ0v) is 26.3. The van der Waals surface area contributed by atoms with E-state index in [1.165, 1.54) is 19.4 Å². The normalized spacial score (nSPS) is 21.9. The van der Waals surface area contributed by atoms with E-state index >= 15 is 0 Å². The number of aryl methyl sites for hydroxylation is 2. The van der Waals surface area contributed by atoms with Crippen LogP contribution in [0.2, 0.25) is 0 Å². The number of carbonyl (C=O) groups excluding carboxylic acids is 2. The van der Waals surface area contributed by atoms with E-state index in [2.05, 4.69) is 26.8 Å². The van der Waals surface area contributed by atoms with Crippen LogP contribution in [-0.2, 0) is 25.2 Å². The predicted octanol–water partition coefficient (Wildman–Crippen LogP) is 2.86. The predicted molar refractivity (Wildman–Crippen MR) is 163 cm³/mol. The van der Waals surface area contributed by atoms with E-state index in [-0.39, 0.29) is 16.3 Å². The maximum atomic E-state index is 14.7. The maximum absolute atomic E-state index is 14.7. The summed E-state index contributed by atoms with van der Waals surface area (Å²) in [5.41, 5.74) is -0.793. The van der Waals surface area contributed by atoms with Crippen LogP contribution >= 0.6 is 0 Å². The summed E-state index contributed by atoms with van der Waals surface area (Å²) < 4.78 is 40.5. The van der Waals surface area contributed by atoms with Crippen molar-refractivity contribution in [1.82, 2.24) is 24.7 Å². The average molecular weight is 623 g/mol. The van der Waals surface area contributed by atoms with Crippen LogP contribution in [-0.4, -0.2) is 105 Å². The summed E-state index contributed by atoms with van der Waals surface area (Å²) >= 11 is 0. The number of H-pyrrole nitrogens is 1. The second kappa shape index (κ2) is 11.5. The van der Waals surface area contributed by atoms with Crippen molar-refractivity contribution in [3.63, 3.8) is 0 Å². The van der Waals surface area contributed by atoms with Crippen molar-refractivity contribution in [2.75, 3.05) is 57.7 Å². The number of likely N-dealkylation sites (tertiary alicyclic amines) is 1. The highest BCUT2D eigenvalue weighted by Crippen LogP contribution is 2.51. The number of piperazine rings is 1. The SMILES string of the molecule is COc1ccc2c(c1)C(OC(=O)N1CCN(C3CCN(C)CC3)CC1)(c1ccccc1C)C(=O)N2S(=O)(=O)c1c[nH]c(C)n1. The molecule has 0 saturated carbocycles. The van der Waals surface area contributed by atoms with Crippen LogP contribution in [0, 0.1) is 13.8 Å². The molecule has 2 amide bonds. The number of hydrogen-bond acceptors (Lipinski definition) is 9. The molecule has 2 fully saturated rings. The Morgan fingerprint density at radius 1 is 1.00 bits per heavy atom. The zero-order valence-electron chi connectivity index (χ0n) is 25.4. The largest absolute Gasteiger partial charge is 0.497 e. The number of benzene rings is 2. The van der Waals surface area contributed by atoms with E-state index < -0.39 is 27.6 Å². The molecule has 0 spiro atoms. The van der Waals surface area contributed by atoms with Crippen LogP contribution in [0.1, 0.15) is 35.4 Å². The summed E-state index contributed by atoms with van der Waals surface area (Å²) in [5.74, 6) is -0.165. The van der Waals surface area contributed by atoms with Crippen LogP contribution in [0.25, 0.3) is 0 Å². The van der Waals surface area contributed by atoms with Crippen molar-refractivity contribution in [3.8, 4) is 5.75 Å². The number of ether oxygens (including phenoxy) is 2. The number of carbonyl (C=O) groups is 2. The van der Waals surface area contributed by atoms with Crippen LogP contribution in [0.4, 0.5) is 10.5 Å². The molecule has 0 bridgehead atoms. The lowest BCUT2D eigenvalue weighted by Gasteiger charge is -2.42. The number of nitrogens with one attached hydrogen (secondary N) is 1. The van der Waals surface area contributed by atoms with Crippen LogP contribution < -0.4 is 9.04 Å². The Balaban J connectivity index is 1.39. The number of aromatic amines is 1. The minimum absolute atomic E-state index is 0.0691. The fraction of sp³-hybridized carbons (Fsp3) is 0.452. The lowest BCUT2D eigenvalue weighted by atomic mass is 9.84. The Hall–Kier alpha value is -3.94. The van der Waals surface area contributed by atoms with Gasteiger partial charge in [0.1, 0.15) is 11.6 Å². The van der Waals surface area contributed by atoms with Crippen LogP contribution in [0.15, 0.2) is 53.7 Å². The summed E-state index contributed by atoms with van der Waals surface area (Å²) in [4.78, 5) is 42.0. The third-order valence-electron chi connectivity index (χ3n) is 9.02. The van der Waals surface area contributed by atoms with Crippen molar-refractivity contribution in [2.24, 2.45) is 0 Å². The van der Waals surface area contributed by atoms with Gasteiger partial charge < -0.3 is 24.3 Å². The van der Waals surface area contributed by atoms with Gasteiger partial charge in [-0.05, 0) is 70.6 Å². The van der Waals surface area contributed by atoms with Gasteiger partial charge in [0.25, 0.3) is 15.9 Å². The molecule has 0 radical (unpaired) electrons. The molecule has 2 aromatic carbocycles. The van der Waals surface area contributed by atoms with E-state index in [4.69, 9.17) is 9.47 Å². The highest BCUT2D eigenvalue weighted by molar-refractivity contribution is 7.93. The molecule has 3 aliphatic rings. The first-order valence-corrected chi connectivity index (χ1v) is 16.3. The van der Waals surface area contributed by atoms with Gasteiger partial charge in [0.2, 0.25) is 5.60 Å². The van der Waals surface area contributed by atoms with E-state index in [0.29, 0.717) is 59.2 Å². The number of anilines is 1. The Morgan fingerprint density at radius 2 is 1.70 bits per heavy atom. The first kappa shape index (κ1) is 30.1. The number of sulfonamides is 1. The Bertz CT molecular complexity index is 1680. The number of nitrogens with zero attached hydrogens (tertiary/aromatic N) is 5. The number of hydrogen-bond donors (Lipinski definition) is 1. The number of amides is 2. The lowest BCUT2D eigenvalue weighted by Crippen LogP contribution is -2.55. The van der Waals surface area contributed by atoms with Crippen LogP contribution in [0.3, 0.4) is 0 Å². The molecule has 3 aromatic rings. The third-order valence-corrected chi connectivity index (χ3v) is 10.6. The Labute approximate surface area is 257 Å². The number of aromatic nitrogens is 2. The molecule has 1 atom stereocenters. The summed E-state index contributed by atoms with van der Waals surface area (Å²) in [6.07, 6.45) is 2.73. The molecule has 0 aliphatic carbocycles. The van der Waals surface area contributed by atoms with Gasteiger partial charge in [0, 0.05) is 49.5 Å². The third kappa shape index (κ3) is 5.02. The van der Waals surface area contributed by atoms with Crippen molar-refractivity contribution >= 4 is 27.7 Å². The number of imidazole rings is 1. The lowest BCUT2D eigenvalue weighted by molar-refractivity contribution is -0.132. The Kier molecular flexibility index (Phi) is 7.89. The molecule has 234 valence electrons. The zero-order chi connectivity index (χ0) is 31.2. The molecule has 1 N–H and O–H groups in total. The van der Waals surface area contributed by atoms with Gasteiger partial charge in [0.15, 0.2) is 5.03 Å². The minimum Gasteiger partial charge on any atom is -0.497 e. The molecule has 1 aromatic heterocycles. The molecule has 4 heterocycles. The standard InChI is InChI=1S/C31H38N6O6S/c1-21-7-5-6-8-25(21)31(43-30(39)36-17-15-35(16-18-36)23-11-13-34(3)14-12-23)26-19-24(42-4)9-10-27(26)37(29(31)38)44(40,41)28-20-32-22(2)33-28/h5-10,19-20,23H,11-18H2,1-4H3,(H,32,33). The van der Waals surface area contributed by atoms with Crippen molar-refractivity contribution in [2.45, 2.75) is 43.4 Å². The van der Waals surface area contributed by atoms with Gasteiger partial charge in [-0.25, -0.2) is 9.78 Å². The van der Waals surface area contributed by atoms with Crippen molar-refractivity contribution in [3.05, 3.63) is 71.2 Å². The molecule has 13 heteroatoms. The summed E-state index contributed by atoms with van der Waals surface area (Å²) in [7, 11) is -0.880. The number of methoxy groups -OCH3 is 1. The molecule has 44 heavy (non-hydrogen) atoms. The van der Waals surface area contributed by atoms with Gasteiger partial charge in [0.05, 0.1) is 12.8 Å². The molecule has 12 nitrogen and oxygen atoms in total. The first-order valence-electron chi connectivity index (χ1n) is 14.8. The second-order valence-corrected chi connectivity index (χ2v) is 13.4. The minimum atomic E-state index is -4.49. The van der Waals surface area contributed by atoms with E-state index in [9.17, 15) is 18.0 Å². The molecule has 2 saturated heterocycles. The first-order chi connectivity index (χ1) is 21.1. The van der Waals surface area contributed by atoms with E-state index in [0.717, 1.165) is 25.9 Å². The van der Waals surface area contributed by atoms with Crippen LogP contribution in [0.5, 0.6) is 5.75 Å². The van der Waals surface area contributed by atoms with Gasteiger partial charge >= 0.3 is 6.09 Å².